The topological polar surface area (TPSA) is 201 Å². The van der Waals surface area contributed by atoms with Crippen LogP contribution in [0.3, 0.4) is 0 Å². The average molecular weight is 818 g/mol. The van der Waals surface area contributed by atoms with E-state index in [1.54, 1.807) is 42.0 Å². The van der Waals surface area contributed by atoms with E-state index in [1.807, 2.05) is 6.07 Å². The van der Waals surface area contributed by atoms with Crippen molar-refractivity contribution in [3.8, 4) is 11.5 Å². The van der Waals surface area contributed by atoms with Crippen LogP contribution < -0.4 is 14.8 Å². The fourth-order valence-electron chi connectivity index (χ4n) is 10.3. The first-order chi connectivity index (χ1) is 26.8. The Morgan fingerprint density at radius 3 is 2.73 bits per heavy atom. The molecule has 2 aliphatic carbocycles. The minimum Gasteiger partial charge on any atom is -0.482 e. The molecule has 15 heteroatoms. The number of hydrogen-bond donors (Lipinski definition) is 7. The summed E-state index contributed by atoms with van der Waals surface area (Å²) in [5, 5.41) is 76.8. The molecule has 12 atom stereocenters. The number of furan rings is 1. The van der Waals surface area contributed by atoms with Crippen molar-refractivity contribution in [3.63, 3.8) is 0 Å². The SMILES string of the molecule is CCOC(=O)CCc1cc2ccoc2c2c1O[C@]13C=C4CC[C@@H](CN[C@H](CCC(C)C)CSS[C@H]4[C@](CO)(O1)[C@]1(O)C[C@@H]4C=C[C@@H](O)[C@@H](CO)[C@@H]4[C@@]3(O)[C@H]1O)O2. The van der Waals surface area contributed by atoms with Gasteiger partial charge in [-0.15, -0.1) is 0 Å². The molecule has 0 radical (unpaired) electrons. The third-order valence-electron chi connectivity index (χ3n) is 13.1. The highest BCUT2D eigenvalue weighted by Crippen LogP contribution is 2.67. The number of hydrogen-bond acceptors (Lipinski definition) is 15. The Labute approximate surface area is 334 Å². The quantitative estimate of drug-likeness (QED) is 0.110. The summed E-state index contributed by atoms with van der Waals surface area (Å²) in [7, 11) is 3.08. The molecular weight excluding hydrogens is 763 g/mol. The lowest BCUT2D eigenvalue weighted by Gasteiger charge is -2.72. The van der Waals surface area contributed by atoms with Crippen molar-refractivity contribution in [1.29, 1.82) is 0 Å². The third-order valence-corrected chi connectivity index (χ3v) is 16.1. The lowest BCUT2D eigenvalue weighted by molar-refractivity contribution is -0.451. The minimum absolute atomic E-state index is 0.0120. The number of benzene rings is 1. The smallest absolute Gasteiger partial charge is 0.306 e. The van der Waals surface area contributed by atoms with Gasteiger partial charge >= 0.3 is 5.97 Å². The Kier molecular flexibility index (Phi) is 11.1. The largest absolute Gasteiger partial charge is 0.482 e. The van der Waals surface area contributed by atoms with Gasteiger partial charge in [-0.3, -0.25) is 4.79 Å². The number of esters is 1. The molecule has 56 heavy (non-hydrogen) atoms. The van der Waals surface area contributed by atoms with Gasteiger partial charge in [-0.2, -0.15) is 0 Å². The van der Waals surface area contributed by atoms with E-state index in [4.69, 9.17) is 23.4 Å². The molecule has 3 fully saturated rings. The van der Waals surface area contributed by atoms with Gasteiger partial charge in [-0.1, -0.05) is 53.2 Å². The summed E-state index contributed by atoms with van der Waals surface area (Å²) in [6, 6.07) is 3.72. The van der Waals surface area contributed by atoms with E-state index in [0.717, 1.165) is 18.4 Å². The molecule has 0 unspecified atom stereocenters. The lowest BCUT2D eigenvalue weighted by atomic mass is 9.47. The predicted octanol–water partition coefficient (Wildman–Crippen LogP) is 3.40. The number of rotatable bonds is 9. The number of nitrogens with one attached hydrogen (secondary N) is 1. The van der Waals surface area contributed by atoms with Gasteiger partial charge in [0.2, 0.25) is 5.75 Å². The molecule has 6 aliphatic rings. The molecule has 13 nitrogen and oxygen atoms in total. The number of carbonyl (C=O) groups excluding carboxylic acids is 1. The monoisotopic (exact) mass is 817 g/mol. The number of aliphatic hydroxyl groups excluding tert-OH is 4. The first-order valence-corrected chi connectivity index (χ1v) is 22.4. The molecule has 8 rings (SSSR count). The number of aliphatic hydroxyl groups is 6. The van der Waals surface area contributed by atoms with E-state index in [2.05, 4.69) is 19.2 Å². The molecule has 2 saturated heterocycles. The summed E-state index contributed by atoms with van der Waals surface area (Å²) in [5.74, 6) is -3.97. The van der Waals surface area contributed by atoms with E-state index in [9.17, 15) is 35.4 Å². The molecular formula is C41H55NO12S2. The summed E-state index contributed by atoms with van der Waals surface area (Å²) in [4.78, 5) is 12.8. The van der Waals surface area contributed by atoms with E-state index in [-0.39, 0.29) is 43.4 Å². The van der Waals surface area contributed by atoms with Crippen LogP contribution in [0.25, 0.3) is 11.0 Å². The lowest BCUT2D eigenvalue weighted by Crippen LogP contribution is -2.91. The molecule has 308 valence electrons. The van der Waals surface area contributed by atoms with Gasteiger partial charge in [-0.25, -0.2) is 0 Å². The molecule has 1 aromatic heterocycles. The van der Waals surface area contributed by atoms with Crippen LogP contribution in [0.2, 0.25) is 0 Å². The number of allylic oxidation sites excluding steroid dienone is 1. The fourth-order valence-corrected chi connectivity index (χ4v) is 13.7. The average Bonchev–Trinajstić information content (AvgIpc) is 3.63. The summed E-state index contributed by atoms with van der Waals surface area (Å²) in [6.07, 6.45) is 5.72. The highest BCUT2D eigenvalue weighted by atomic mass is 33.1. The van der Waals surface area contributed by atoms with Gasteiger partial charge < -0.3 is 59.3 Å². The van der Waals surface area contributed by atoms with Crippen molar-refractivity contribution in [3.05, 3.63) is 47.8 Å². The second-order valence-corrected chi connectivity index (χ2v) is 19.4. The molecule has 2 aromatic rings. The Bertz CT molecular complexity index is 1850. The van der Waals surface area contributed by atoms with E-state index in [1.165, 1.54) is 17.1 Å². The standard InChI is InChI=1S/C41H55NO12S2/c1-4-50-31(46)12-8-23-15-24-13-14-51-33(24)35-34(23)53-40-17-26-6-10-28(52-35)18-42-27(9-5-22(2)3)20-55-56-36(26)39(21-44,54-40)38(48)16-25-7-11-30(45)29(19-43)32(25)41(40,49)37(38)47/h7,11,13-15,17,22,25,27-30,32,36-37,42-45,47-49H,4-6,8-10,12,16,18-21H2,1-3H3/t25-,27+,28-,29+,30+,32+,36+,37-,38-,39-,40+,41+/m0/s1. The number of fused-ring (bicyclic) bond motifs is 12. The van der Waals surface area contributed by atoms with Crippen LogP contribution in [0.15, 0.2) is 46.6 Å². The first kappa shape index (κ1) is 40.5. The first-order valence-electron chi connectivity index (χ1n) is 20.0. The van der Waals surface area contributed by atoms with Crippen LogP contribution in [-0.2, 0) is 20.7 Å². The van der Waals surface area contributed by atoms with Gasteiger partial charge in [-0.05, 0) is 81.1 Å². The Morgan fingerprint density at radius 2 is 1.98 bits per heavy atom. The summed E-state index contributed by atoms with van der Waals surface area (Å²) < 4.78 is 32.6. The van der Waals surface area contributed by atoms with Crippen LogP contribution in [0.5, 0.6) is 11.5 Å². The second kappa shape index (κ2) is 15.4. The van der Waals surface area contributed by atoms with Crippen LogP contribution in [-0.4, -0.2) is 121 Å². The van der Waals surface area contributed by atoms with Crippen LogP contribution in [0.4, 0.5) is 0 Å². The van der Waals surface area contributed by atoms with Gasteiger partial charge in [0.1, 0.15) is 23.4 Å². The zero-order chi connectivity index (χ0) is 39.6. The van der Waals surface area contributed by atoms with Crippen LogP contribution >= 0.6 is 21.6 Å². The van der Waals surface area contributed by atoms with Crippen molar-refractivity contribution in [1.82, 2.24) is 5.32 Å². The van der Waals surface area contributed by atoms with Crippen molar-refractivity contribution in [2.75, 3.05) is 32.1 Å². The maximum Gasteiger partial charge on any atom is 0.306 e. The molecule has 5 heterocycles. The van der Waals surface area contributed by atoms with Crippen molar-refractivity contribution in [2.24, 2.45) is 23.7 Å². The summed E-state index contributed by atoms with van der Waals surface area (Å²) in [5.41, 5.74) is -5.01. The predicted molar refractivity (Wildman–Crippen MR) is 210 cm³/mol. The molecule has 1 spiro atoms. The third kappa shape index (κ3) is 6.26. The molecule has 1 saturated carbocycles. The van der Waals surface area contributed by atoms with E-state index >= 15 is 0 Å². The Morgan fingerprint density at radius 1 is 1.16 bits per heavy atom. The zero-order valence-electron chi connectivity index (χ0n) is 32.1. The van der Waals surface area contributed by atoms with Gasteiger partial charge in [0.25, 0.3) is 5.79 Å². The maximum absolute atomic E-state index is 13.5. The van der Waals surface area contributed by atoms with Crippen molar-refractivity contribution >= 4 is 38.5 Å². The minimum atomic E-state index is -2.51. The number of carbonyl (C=O) groups is 1. The molecule has 6 bridgehead atoms. The highest BCUT2D eigenvalue weighted by Gasteiger charge is 2.84. The molecule has 7 N–H and O–H groups in total. The highest BCUT2D eigenvalue weighted by molar-refractivity contribution is 8.77. The maximum atomic E-state index is 13.5. The van der Waals surface area contributed by atoms with Crippen molar-refractivity contribution in [2.45, 2.75) is 118 Å². The summed E-state index contributed by atoms with van der Waals surface area (Å²) in [6.45, 7) is 5.56. The van der Waals surface area contributed by atoms with E-state index in [0.29, 0.717) is 47.6 Å². The number of aryl methyl sites for hydroxylation is 1. The van der Waals surface area contributed by atoms with Gasteiger partial charge in [0.15, 0.2) is 16.9 Å². The van der Waals surface area contributed by atoms with Gasteiger partial charge in [0, 0.05) is 48.6 Å². The van der Waals surface area contributed by atoms with Crippen molar-refractivity contribution < 1.29 is 58.8 Å². The number of ether oxygens (including phenoxy) is 4. The normalized spacial score (nSPS) is 40.2. The van der Waals surface area contributed by atoms with Crippen LogP contribution in [0, 0.1) is 23.7 Å². The Balaban J connectivity index is 1.39. The van der Waals surface area contributed by atoms with E-state index < -0.39 is 83.1 Å². The van der Waals surface area contributed by atoms with Crippen LogP contribution in [0.1, 0.15) is 64.9 Å². The van der Waals surface area contributed by atoms with Gasteiger partial charge in [0.05, 0.1) is 30.8 Å². The summed E-state index contributed by atoms with van der Waals surface area (Å²) >= 11 is 0. The zero-order valence-corrected chi connectivity index (χ0v) is 33.7. The molecule has 4 aliphatic heterocycles. The fraction of sp³-hybridized carbons (Fsp3) is 0.683. The Hall–Kier alpha value is -2.31. The second-order valence-electron chi connectivity index (χ2n) is 16.9. The molecule has 1 aromatic carbocycles. The molecule has 0 amide bonds.